The lowest BCUT2D eigenvalue weighted by Gasteiger charge is -2.45. The van der Waals surface area contributed by atoms with Crippen LogP contribution in [0.5, 0.6) is 0 Å². The maximum atomic E-state index is 11.9. The standard InChI is InChI=1S/C16H16N4O4/c1-16(9-20(10-16)12(21)6-7-13(22)23-2)15-19-18-14(24-15)11-5-3-4-8-17-11/h3-8H,9-10H2,1-2H3/b7-6+. The Morgan fingerprint density at radius 2 is 2.08 bits per heavy atom. The predicted octanol–water partition coefficient (Wildman–Crippen LogP) is 0.961. The molecule has 0 aliphatic carbocycles. The van der Waals surface area contributed by atoms with Gasteiger partial charge in [0.25, 0.3) is 5.89 Å². The third-order valence-corrected chi connectivity index (χ3v) is 3.78. The van der Waals surface area contributed by atoms with Gasteiger partial charge in [-0.05, 0) is 19.1 Å². The molecule has 0 saturated carbocycles. The molecular formula is C16H16N4O4. The van der Waals surface area contributed by atoms with Crippen LogP contribution >= 0.6 is 0 Å². The SMILES string of the molecule is COC(=O)/C=C/C(=O)N1CC(C)(c2nnc(-c3ccccn3)o2)C1. The van der Waals surface area contributed by atoms with Gasteiger partial charge in [0, 0.05) is 31.4 Å². The van der Waals surface area contributed by atoms with Gasteiger partial charge in [0.1, 0.15) is 5.69 Å². The Hall–Kier alpha value is -3.03. The van der Waals surface area contributed by atoms with Crippen LogP contribution in [0.4, 0.5) is 0 Å². The number of rotatable bonds is 4. The van der Waals surface area contributed by atoms with Crippen molar-refractivity contribution in [3.63, 3.8) is 0 Å². The van der Waals surface area contributed by atoms with Gasteiger partial charge in [0.05, 0.1) is 12.5 Å². The fourth-order valence-electron chi connectivity index (χ4n) is 2.46. The summed E-state index contributed by atoms with van der Waals surface area (Å²) in [5, 5.41) is 8.10. The molecule has 1 amide bonds. The number of pyridine rings is 1. The summed E-state index contributed by atoms with van der Waals surface area (Å²) in [7, 11) is 1.26. The molecule has 3 rings (SSSR count). The first kappa shape index (κ1) is 15.9. The number of esters is 1. The summed E-state index contributed by atoms with van der Waals surface area (Å²) >= 11 is 0. The molecule has 1 fully saturated rings. The van der Waals surface area contributed by atoms with Crippen LogP contribution in [0, 0.1) is 0 Å². The van der Waals surface area contributed by atoms with Crippen LogP contribution in [0.3, 0.4) is 0 Å². The van der Waals surface area contributed by atoms with Crippen molar-refractivity contribution in [3.05, 3.63) is 42.4 Å². The molecule has 0 radical (unpaired) electrons. The highest BCUT2D eigenvalue weighted by atomic mass is 16.5. The first-order valence-corrected chi connectivity index (χ1v) is 7.32. The van der Waals surface area contributed by atoms with Crippen molar-refractivity contribution < 1.29 is 18.7 Å². The molecule has 0 spiro atoms. The van der Waals surface area contributed by atoms with Gasteiger partial charge in [-0.2, -0.15) is 0 Å². The maximum absolute atomic E-state index is 11.9. The van der Waals surface area contributed by atoms with Gasteiger partial charge >= 0.3 is 5.97 Å². The minimum atomic E-state index is -0.566. The van der Waals surface area contributed by atoms with Crippen LogP contribution in [-0.4, -0.2) is 52.2 Å². The summed E-state index contributed by atoms with van der Waals surface area (Å²) in [4.78, 5) is 28.7. The predicted molar refractivity (Wildman–Crippen MR) is 82.6 cm³/mol. The lowest BCUT2D eigenvalue weighted by Crippen LogP contribution is -2.59. The van der Waals surface area contributed by atoms with Crippen molar-refractivity contribution in [2.24, 2.45) is 0 Å². The molecule has 8 nitrogen and oxygen atoms in total. The Bertz CT molecular complexity index is 778. The number of amides is 1. The lowest BCUT2D eigenvalue weighted by atomic mass is 9.81. The highest BCUT2D eigenvalue weighted by Gasteiger charge is 2.46. The van der Waals surface area contributed by atoms with Gasteiger partial charge in [-0.3, -0.25) is 9.78 Å². The van der Waals surface area contributed by atoms with E-state index in [2.05, 4.69) is 19.9 Å². The highest BCUT2D eigenvalue weighted by molar-refractivity contribution is 5.95. The summed E-state index contributed by atoms with van der Waals surface area (Å²) in [5.41, 5.74) is 0.197. The second-order valence-corrected chi connectivity index (χ2v) is 5.74. The number of methoxy groups -OCH3 is 1. The number of hydrogen-bond donors (Lipinski definition) is 0. The van der Waals surface area contributed by atoms with Crippen LogP contribution in [0.15, 0.2) is 41.0 Å². The van der Waals surface area contributed by atoms with E-state index in [1.807, 2.05) is 13.0 Å². The molecule has 0 bridgehead atoms. The fraction of sp³-hybridized carbons (Fsp3) is 0.312. The van der Waals surface area contributed by atoms with Gasteiger partial charge in [0.2, 0.25) is 11.8 Å². The molecule has 1 aliphatic rings. The second kappa shape index (κ2) is 6.23. The molecule has 24 heavy (non-hydrogen) atoms. The Balaban J connectivity index is 1.65. The molecule has 0 N–H and O–H groups in total. The summed E-state index contributed by atoms with van der Waals surface area (Å²) in [6.07, 6.45) is 3.95. The number of nitrogens with zero attached hydrogens (tertiary/aromatic N) is 4. The van der Waals surface area contributed by atoms with Gasteiger partial charge in [0.15, 0.2) is 0 Å². The van der Waals surface area contributed by atoms with Crippen molar-refractivity contribution >= 4 is 11.9 Å². The van der Waals surface area contributed by atoms with E-state index >= 15 is 0 Å². The van der Waals surface area contributed by atoms with Crippen molar-refractivity contribution in [1.29, 1.82) is 0 Å². The Morgan fingerprint density at radius 1 is 1.29 bits per heavy atom. The summed E-state index contributed by atoms with van der Waals surface area (Å²) in [6.45, 7) is 2.80. The number of hydrogen-bond acceptors (Lipinski definition) is 7. The molecule has 0 unspecified atom stereocenters. The Kier molecular flexibility index (Phi) is 4.11. The average Bonchev–Trinajstić information content (AvgIpc) is 3.07. The van der Waals surface area contributed by atoms with E-state index in [1.165, 1.54) is 13.2 Å². The second-order valence-electron chi connectivity index (χ2n) is 5.74. The number of carbonyl (C=O) groups excluding carboxylic acids is 2. The van der Waals surface area contributed by atoms with Crippen LogP contribution < -0.4 is 0 Å². The normalized spacial score (nSPS) is 16.0. The largest absolute Gasteiger partial charge is 0.466 e. The van der Waals surface area contributed by atoms with E-state index < -0.39 is 11.4 Å². The zero-order valence-corrected chi connectivity index (χ0v) is 13.3. The molecule has 8 heteroatoms. The number of likely N-dealkylation sites (tertiary alicyclic amines) is 1. The Labute approximate surface area is 138 Å². The van der Waals surface area contributed by atoms with Crippen LogP contribution in [0.2, 0.25) is 0 Å². The fourth-order valence-corrected chi connectivity index (χ4v) is 2.46. The van der Waals surface area contributed by atoms with E-state index in [4.69, 9.17) is 4.42 Å². The smallest absolute Gasteiger partial charge is 0.330 e. The van der Waals surface area contributed by atoms with Crippen LogP contribution in [0.25, 0.3) is 11.6 Å². The number of aromatic nitrogens is 3. The zero-order valence-electron chi connectivity index (χ0n) is 13.3. The molecule has 2 aromatic rings. The van der Waals surface area contributed by atoms with E-state index in [1.54, 1.807) is 23.2 Å². The minimum absolute atomic E-state index is 0.262. The third-order valence-electron chi connectivity index (χ3n) is 3.78. The molecule has 3 heterocycles. The first-order chi connectivity index (χ1) is 11.5. The summed E-state index contributed by atoms with van der Waals surface area (Å²) in [6, 6.07) is 5.43. The van der Waals surface area contributed by atoms with Crippen LogP contribution in [-0.2, 0) is 19.7 Å². The Morgan fingerprint density at radius 3 is 2.75 bits per heavy atom. The van der Waals surface area contributed by atoms with Crippen LogP contribution in [0.1, 0.15) is 12.8 Å². The van der Waals surface area contributed by atoms with E-state index in [9.17, 15) is 9.59 Å². The minimum Gasteiger partial charge on any atom is -0.466 e. The third kappa shape index (κ3) is 3.03. The topological polar surface area (TPSA) is 98.4 Å². The van der Waals surface area contributed by atoms with E-state index in [0.717, 1.165) is 6.08 Å². The first-order valence-electron chi connectivity index (χ1n) is 7.32. The van der Waals surface area contributed by atoms with Crippen molar-refractivity contribution in [2.75, 3.05) is 20.2 Å². The van der Waals surface area contributed by atoms with Gasteiger partial charge in [-0.25, -0.2) is 4.79 Å². The lowest BCUT2D eigenvalue weighted by molar-refractivity contribution is -0.136. The maximum Gasteiger partial charge on any atom is 0.330 e. The zero-order chi connectivity index (χ0) is 17.2. The molecule has 2 aromatic heterocycles. The van der Waals surface area contributed by atoms with Gasteiger partial charge < -0.3 is 14.1 Å². The van der Waals surface area contributed by atoms with Crippen molar-refractivity contribution in [1.82, 2.24) is 20.1 Å². The van der Waals surface area contributed by atoms with E-state index in [0.29, 0.717) is 30.6 Å². The van der Waals surface area contributed by atoms with E-state index in [-0.39, 0.29) is 5.91 Å². The molecule has 124 valence electrons. The van der Waals surface area contributed by atoms with Gasteiger partial charge in [-0.15, -0.1) is 10.2 Å². The molecule has 0 atom stereocenters. The molecule has 1 aliphatic heterocycles. The molecule has 1 saturated heterocycles. The summed E-state index contributed by atoms with van der Waals surface area (Å²) < 4.78 is 10.2. The average molecular weight is 328 g/mol. The van der Waals surface area contributed by atoms with Crippen molar-refractivity contribution in [2.45, 2.75) is 12.3 Å². The number of ether oxygens (including phenoxy) is 1. The quantitative estimate of drug-likeness (QED) is 0.609. The summed E-state index contributed by atoms with van der Waals surface area (Å²) in [5.74, 6) is -0.0165. The number of carbonyl (C=O) groups is 2. The molecule has 0 aromatic carbocycles. The van der Waals surface area contributed by atoms with Gasteiger partial charge in [-0.1, -0.05) is 6.07 Å². The monoisotopic (exact) mass is 328 g/mol. The van der Waals surface area contributed by atoms with Crippen molar-refractivity contribution in [3.8, 4) is 11.6 Å². The molecular weight excluding hydrogens is 312 g/mol. The highest BCUT2D eigenvalue weighted by Crippen LogP contribution is 2.34.